The van der Waals surface area contributed by atoms with Gasteiger partial charge in [0.2, 0.25) is 0 Å². The fraction of sp³-hybridized carbons (Fsp3) is 0.800. The summed E-state index contributed by atoms with van der Waals surface area (Å²) in [4.78, 5) is 37.5. The Kier molecular flexibility index (Phi) is 47.9. The fourth-order valence-corrected chi connectivity index (χ4v) is 7.43. The van der Waals surface area contributed by atoms with E-state index in [1.807, 2.05) is 0 Å². The summed E-state index contributed by atoms with van der Waals surface area (Å²) in [5.74, 6) is -0.877. The number of hydrogen-bond acceptors (Lipinski definition) is 6. The third-order valence-corrected chi connectivity index (χ3v) is 11.3. The molecule has 0 saturated heterocycles. The molecule has 0 heterocycles. The number of allylic oxidation sites excluding steroid dienone is 8. The highest BCUT2D eigenvalue weighted by atomic mass is 16.6. The van der Waals surface area contributed by atoms with Crippen molar-refractivity contribution >= 4 is 17.9 Å². The van der Waals surface area contributed by atoms with Gasteiger partial charge in [-0.3, -0.25) is 14.4 Å². The van der Waals surface area contributed by atoms with Gasteiger partial charge < -0.3 is 14.2 Å². The minimum atomic E-state index is -0.762. The fourth-order valence-electron chi connectivity index (χ4n) is 7.43. The first-order valence-electron chi connectivity index (χ1n) is 26.1. The second-order valence-corrected chi connectivity index (χ2v) is 17.4. The highest BCUT2D eigenvalue weighted by Gasteiger charge is 2.19. The van der Waals surface area contributed by atoms with E-state index in [4.69, 9.17) is 14.2 Å². The van der Waals surface area contributed by atoms with Gasteiger partial charge in [0.05, 0.1) is 0 Å². The number of hydrogen-bond donors (Lipinski definition) is 0. The Morgan fingerprint density at radius 1 is 0.344 bits per heavy atom. The van der Waals surface area contributed by atoms with Gasteiger partial charge >= 0.3 is 17.9 Å². The Hall–Kier alpha value is -2.63. The minimum Gasteiger partial charge on any atom is -0.462 e. The summed E-state index contributed by atoms with van der Waals surface area (Å²) in [5.41, 5.74) is 0. The molecule has 6 nitrogen and oxygen atoms in total. The highest BCUT2D eigenvalue weighted by Crippen LogP contribution is 2.16. The topological polar surface area (TPSA) is 78.9 Å². The van der Waals surface area contributed by atoms with Crippen LogP contribution >= 0.6 is 0 Å². The van der Waals surface area contributed by atoms with E-state index in [0.29, 0.717) is 19.3 Å². The van der Waals surface area contributed by atoms with Crippen molar-refractivity contribution in [2.45, 2.75) is 271 Å². The van der Waals surface area contributed by atoms with Crippen LogP contribution in [0, 0.1) is 0 Å². The lowest BCUT2D eigenvalue weighted by molar-refractivity contribution is -0.167. The van der Waals surface area contributed by atoms with Gasteiger partial charge in [0.25, 0.3) is 0 Å². The van der Waals surface area contributed by atoms with E-state index in [1.54, 1.807) is 0 Å². The Morgan fingerprint density at radius 2 is 0.639 bits per heavy atom. The summed E-state index contributed by atoms with van der Waals surface area (Å²) in [5, 5.41) is 0. The molecule has 0 bridgehead atoms. The van der Waals surface area contributed by atoms with E-state index in [9.17, 15) is 14.4 Å². The Morgan fingerprint density at radius 3 is 1.00 bits per heavy atom. The largest absolute Gasteiger partial charge is 0.462 e. The van der Waals surface area contributed by atoms with Crippen molar-refractivity contribution in [2.24, 2.45) is 0 Å². The molecule has 61 heavy (non-hydrogen) atoms. The predicted octanol–water partition coefficient (Wildman–Crippen LogP) is 17.1. The second kappa shape index (κ2) is 50.0. The van der Waals surface area contributed by atoms with E-state index in [0.717, 1.165) is 83.5 Å². The Labute approximate surface area is 378 Å². The lowest BCUT2D eigenvalue weighted by atomic mass is 10.0. The summed E-state index contributed by atoms with van der Waals surface area (Å²) < 4.78 is 16.6. The smallest absolute Gasteiger partial charge is 0.306 e. The van der Waals surface area contributed by atoms with Crippen LogP contribution in [0.5, 0.6) is 0 Å². The first-order valence-corrected chi connectivity index (χ1v) is 26.1. The lowest BCUT2D eigenvalue weighted by Crippen LogP contribution is -2.30. The average Bonchev–Trinajstić information content (AvgIpc) is 3.26. The molecular weight excluding hydrogens is 757 g/mol. The zero-order valence-corrected chi connectivity index (χ0v) is 40.4. The third-order valence-electron chi connectivity index (χ3n) is 11.3. The van der Waals surface area contributed by atoms with Gasteiger partial charge in [-0.2, -0.15) is 0 Å². The summed E-state index contributed by atoms with van der Waals surface area (Å²) in [7, 11) is 0. The van der Waals surface area contributed by atoms with Crippen LogP contribution in [0.1, 0.15) is 265 Å². The Balaban J connectivity index is 3.91. The van der Waals surface area contributed by atoms with Crippen molar-refractivity contribution in [1.29, 1.82) is 0 Å². The van der Waals surface area contributed by atoms with Gasteiger partial charge in [-0.1, -0.05) is 236 Å². The maximum Gasteiger partial charge on any atom is 0.306 e. The molecule has 0 aliphatic rings. The molecule has 354 valence electrons. The standard InChI is InChI=1S/C55H98O6/c1-4-7-10-13-16-17-18-19-20-21-22-23-24-25-26-27-28-29-30-31-32-33-34-35-36-37-40-42-45-48-54(57)60-51-52(61-55(58)49-46-43-39-15-12-9-6-3)50-59-53(56)47-44-41-38-14-11-8-5-2/h7,10,16-17,19-20,22-23,52H,4-6,8-9,11-15,18,21,24-51H2,1-3H3/b10-7-,17-16-,20-19-,23-22-. The summed E-state index contributed by atoms with van der Waals surface area (Å²) >= 11 is 0. The van der Waals surface area contributed by atoms with Gasteiger partial charge in [0.1, 0.15) is 13.2 Å². The zero-order valence-electron chi connectivity index (χ0n) is 40.4. The quantitative estimate of drug-likeness (QED) is 0.0263. The van der Waals surface area contributed by atoms with Crippen molar-refractivity contribution in [3.05, 3.63) is 48.6 Å². The number of ether oxygens (including phenoxy) is 3. The van der Waals surface area contributed by atoms with Crippen molar-refractivity contribution in [1.82, 2.24) is 0 Å². The number of carbonyl (C=O) groups excluding carboxylic acids is 3. The maximum atomic E-state index is 12.6. The molecule has 0 aromatic rings. The zero-order chi connectivity index (χ0) is 44.4. The van der Waals surface area contributed by atoms with Crippen molar-refractivity contribution in [3.8, 4) is 0 Å². The van der Waals surface area contributed by atoms with Crippen LogP contribution in [0.3, 0.4) is 0 Å². The van der Waals surface area contributed by atoms with Gasteiger partial charge in [0.15, 0.2) is 6.10 Å². The summed E-state index contributed by atoms with van der Waals surface area (Å²) in [6, 6.07) is 0. The number of esters is 3. The minimum absolute atomic E-state index is 0.0694. The normalized spacial score (nSPS) is 12.4. The molecular formula is C55H98O6. The highest BCUT2D eigenvalue weighted by molar-refractivity contribution is 5.71. The van der Waals surface area contributed by atoms with Gasteiger partial charge in [-0.25, -0.2) is 0 Å². The number of carbonyl (C=O) groups is 3. The van der Waals surface area contributed by atoms with E-state index < -0.39 is 6.10 Å². The molecule has 0 amide bonds. The molecule has 1 unspecified atom stereocenters. The second-order valence-electron chi connectivity index (χ2n) is 17.4. The maximum absolute atomic E-state index is 12.6. The van der Waals surface area contributed by atoms with Crippen LogP contribution in [0.15, 0.2) is 48.6 Å². The van der Waals surface area contributed by atoms with E-state index >= 15 is 0 Å². The SMILES string of the molecule is CC/C=C\C/C=C\C/C=C\C/C=C\CCCCCCCCCCCCCCCCCCC(=O)OCC(COC(=O)CCCCCCCCC)OC(=O)CCCCCCCCC. The number of rotatable bonds is 47. The Bertz CT molecular complexity index is 1070. The monoisotopic (exact) mass is 855 g/mol. The van der Waals surface area contributed by atoms with E-state index in [1.165, 1.54) is 141 Å². The van der Waals surface area contributed by atoms with Crippen LogP contribution in [0.25, 0.3) is 0 Å². The van der Waals surface area contributed by atoms with E-state index in [2.05, 4.69) is 69.4 Å². The lowest BCUT2D eigenvalue weighted by Gasteiger charge is -2.18. The molecule has 0 spiro atoms. The first kappa shape index (κ1) is 58.4. The third kappa shape index (κ3) is 48.3. The predicted molar refractivity (Wildman–Crippen MR) is 261 cm³/mol. The molecule has 0 radical (unpaired) electrons. The van der Waals surface area contributed by atoms with Crippen molar-refractivity contribution in [2.75, 3.05) is 13.2 Å². The molecule has 0 N–H and O–H groups in total. The van der Waals surface area contributed by atoms with Gasteiger partial charge in [-0.05, 0) is 57.8 Å². The van der Waals surface area contributed by atoms with Gasteiger partial charge in [0, 0.05) is 19.3 Å². The molecule has 6 heteroatoms. The van der Waals surface area contributed by atoms with Crippen molar-refractivity contribution < 1.29 is 28.6 Å². The van der Waals surface area contributed by atoms with Crippen LogP contribution in [0.2, 0.25) is 0 Å². The molecule has 0 saturated carbocycles. The van der Waals surface area contributed by atoms with Gasteiger partial charge in [-0.15, -0.1) is 0 Å². The average molecular weight is 855 g/mol. The molecule has 0 aromatic carbocycles. The molecule has 0 aliphatic carbocycles. The van der Waals surface area contributed by atoms with Crippen LogP contribution in [-0.4, -0.2) is 37.2 Å². The molecule has 0 aromatic heterocycles. The van der Waals surface area contributed by atoms with Crippen LogP contribution < -0.4 is 0 Å². The molecule has 0 aliphatic heterocycles. The van der Waals surface area contributed by atoms with Crippen LogP contribution in [0.4, 0.5) is 0 Å². The molecule has 0 rings (SSSR count). The summed E-state index contributed by atoms with van der Waals surface area (Å²) in [6.07, 6.45) is 60.1. The van der Waals surface area contributed by atoms with Crippen molar-refractivity contribution in [3.63, 3.8) is 0 Å². The number of unbranched alkanes of at least 4 members (excludes halogenated alkanes) is 28. The molecule has 1 atom stereocenters. The molecule has 0 fully saturated rings. The van der Waals surface area contributed by atoms with E-state index in [-0.39, 0.29) is 31.1 Å². The summed E-state index contributed by atoms with van der Waals surface area (Å²) in [6.45, 7) is 6.45. The first-order chi connectivity index (χ1) is 30.0. The van der Waals surface area contributed by atoms with Crippen LogP contribution in [-0.2, 0) is 28.6 Å².